The number of sulfonamides is 1. The quantitative estimate of drug-likeness (QED) is 0.744. The van der Waals surface area contributed by atoms with E-state index < -0.39 is 10.0 Å². The lowest BCUT2D eigenvalue weighted by Crippen LogP contribution is -2.31. The molecule has 1 aromatic heterocycles. The lowest BCUT2D eigenvalue weighted by molar-refractivity contribution is 0.414. The highest BCUT2D eigenvalue weighted by Crippen LogP contribution is 2.25. The Labute approximate surface area is 141 Å². The third-order valence-electron chi connectivity index (χ3n) is 3.93. The van der Waals surface area contributed by atoms with Gasteiger partial charge in [0.15, 0.2) is 0 Å². The Kier molecular flexibility index (Phi) is 4.49. The maximum atomic E-state index is 12.9. The van der Waals surface area contributed by atoms with Gasteiger partial charge in [-0.1, -0.05) is 12.1 Å². The van der Waals surface area contributed by atoms with E-state index in [1.54, 1.807) is 31.4 Å². The molecule has 24 heavy (non-hydrogen) atoms. The van der Waals surface area contributed by atoms with E-state index in [0.717, 1.165) is 10.9 Å². The zero-order valence-electron chi connectivity index (χ0n) is 13.7. The second-order valence-electron chi connectivity index (χ2n) is 5.52. The molecule has 0 aliphatic heterocycles. The minimum absolute atomic E-state index is 0.0663. The second-order valence-corrected chi connectivity index (χ2v) is 7.42. The molecular formula is C18H20N2O3S. The number of ether oxygens (including phenoxy) is 1. The predicted molar refractivity (Wildman–Crippen MR) is 96.9 cm³/mol. The summed E-state index contributed by atoms with van der Waals surface area (Å²) in [6, 6.07) is 14.7. The normalized spacial score (nSPS) is 11.6. The number of hydrogen-bond donors (Lipinski definition) is 1. The number of H-pyrrole nitrogens is 1. The summed E-state index contributed by atoms with van der Waals surface area (Å²) in [5, 5.41) is 0.988. The summed E-state index contributed by atoms with van der Waals surface area (Å²) in [7, 11) is -1.92. The topological polar surface area (TPSA) is 62.4 Å². The van der Waals surface area contributed by atoms with E-state index in [-0.39, 0.29) is 5.75 Å². The van der Waals surface area contributed by atoms with Gasteiger partial charge < -0.3 is 9.72 Å². The molecule has 0 unspecified atom stereocenters. The fraction of sp³-hybridized carbons (Fsp3) is 0.222. The van der Waals surface area contributed by atoms with Crippen LogP contribution in [0.1, 0.15) is 12.5 Å². The van der Waals surface area contributed by atoms with E-state index in [2.05, 4.69) is 4.98 Å². The van der Waals surface area contributed by atoms with Crippen molar-refractivity contribution in [2.45, 2.75) is 12.7 Å². The van der Waals surface area contributed by atoms with E-state index in [0.29, 0.717) is 23.5 Å². The van der Waals surface area contributed by atoms with Crippen molar-refractivity contribution in [3.8, 4) is 5.75 Å². The molecule has 0 spiro atoms. The fourth-order valence-corrected chi connectivity index (χ4v) is 4.37. The summed E-state index contributed by atoms with van der Waals surface area (Å²) in [6.07, 6.45) is 1.84. The lowest BCUT2D eigenvalue weighted by Gasteiger charge is -2.23. The zero-order chi connectivity index (χ0) is 17.2. The predicted octanol–water partition coefficient (Wildman–Crippen LogP) is 3.53. The maximum Gasteiger partial charge on any atom is 0.239 e. The van der Waals surface area contributed by atoms with Crippen LogP contribution in [0.3, 0.4) is 0 Å². The molecule has 126 valence electrons. The number of methoxy groups -OCH3 is 1. The summed E-state index contributed by atoms with van der Waals surface area (Å²) in [5.74, 6) is 0.586. The first-order valence-corrected chi connectivity index (χ1v) is 9.35. The molecule has 0 saturated heterocycles. The number of anilines is 1. The van der Waals surface area contributed by atoms with Gasteiger partial charge in [0.05, 0.1) is 18.6 Å². The van der Waals surface area contributed by atoms with E-state index in [4.69, 9.17) is 4.74 Å². The largest absolute Gasteiger partial charge is 0.497 e. The fourth-order valence-electron chi connectivity index (χ4n) is 2.79. The van der Waals surface area contributed by atoms with Crippen LogP contribution in [0.2, 0.25) is 0 Å². The van der Waals surface area contributed by atoms with Crippen molar-refractivity contribution in [2.24, 2.45) is 0 Å². The number of hydrogen-bond acceptors (Lipinski definition) is 3. The van der Waals surface area contributed by atoms with Gasteiger partial charge in [-0.05, 0) is 48.9 Å². The Morgan fingerprint density at radius 2 is 1.96 bits per heavy atom. The summed E-state index contributed by atoms with van der Waals surface area (Å²) in [5.41, 5.74) is 2.36. The van der Waals surface area contributed by atoms with Crippen molar-refractivity contribution in [2.75, 3.05) is 18.0 Å². The minimum Gasteiger partial charge on any atom is -0.497 e. The lowest BCUT2D eigenvalue weighted by atomic mass is 10.2. The molecule has 0 amide bonds. The van der Waals surface area contributed by atoms with Crippen molar-refractivity contribution in [3.63, 3.8) is 0 Å². The first-order chi connectivity index (χ1) is 11.5. The average Bonchev–Trinajstić information content (AvgIpc) is 3.02. The number of aromatic amines is 1. The Balaban J connectivity index is 1.92. The molecule has 0 bridgehead atoms. The van der Waals surface area contributed by atoms with E-state index in [1.807, 2.05) is 37.4 Å². The van der Waals surface area contributed by atoms with E-state index in [9.17, 15) is 8.42 Å². The molecule has 0 saturated carbocycles. The van der Waals surface area contributed by atoms with Gasteiger partial charge >= 0.3 is 0 Å². The molecule has 1 heterocycles. The third kappa shape index (κ3) is 3.23. The van der Waals surface area contributed by atoms with Crippen molar-refractivity contribution < 1.29 is 13.2 Å². The van der Waals surface area contributed by atoms with Crippen LogP contribution in [0.5, 0.6) is 5.75 Å². The molecule has 3 rings (SSSR count). The molecule has 3 aromatic rings. The highest BCUT2D eigenvalue weighted by atomic mass is 32.2. The van der Waals surface area contributed by atoms with Gasteiger partial charge in [0.1, 0.15) is 5.75 Å². The molecular weight excluding hydrogens is 324 g/mol. The van der Waals surface area contributed by atoms with Gasteiger partial charge in [-0.25, -0.2) is 8.42 Å². The smallest absolute Gasteiger partial charge is 0.239 e. The Hall–Kier alpha value is -2.47. The van der Waals surface area contributed by atoms with Gasteiger partial charge in [-0.2, -0.15) is 0 Å². The van der Waals surface area contributed by atoms with Gasteiger partial charge in [0, 0.05) is 23.6 Å². The first-order valence-electron chi connectivity index (χ1n) is 7.74. The van der Waals surface area contributed by atoms with Crippen LogP contribution in [0.25, 0.3) is 10.9 Å². The second kappa shape index (κ2) is 6.57. The van der Waals surface area contributed by atoms with Gasteiger partial charge in [-0.3, -0.25) is 4.31 Å². The molecule has 1 N–H and O–H groups in total. The number of nitrogens with zero attached hydrogens (tertiary/aromatic N) is 1. The Morgan fingerprint density at radius 1 is 1.12 bits per heavy atom. The van der Waals surface area contributed by atoms with Crippen LogP contribution in [-0.2, 0) is 15.8 Å². The van der Waals surface area contributed by atoms with E-state index >= 15 is 0 Å². The highest BCUT2D eigenvalue weighted by molar-refractivity contribution is 7.92. The molecule has 0 fully saturated rings. The number of aromatic nitrogens is 1. The molecule has 0 aliphatic carbocycles. The molecule has 5 nitrogen and oxygen atoms in total. The summed E-state index contributed by atoms with van der Waals surface area (Å²) < 4.78 is 32.4. The third-order valence-corrected chi connectivity index (χ3v) is 5.77. The molecule has 0 aliphatic rings. The van der Waals surface area contributed by atoms with Gasteiger partial charge in [-0.15, -0.1) is 0 Å². The van der Waals surface area contributed by atoms with Crippen LogP contribution in [0, 0.1) is 0 Å². The van der Waals surface area contributed by atoms with Crippen LogP contribution >= 0.6 is 0 Å². The molecule has 0 atom stereocenters. The number of fused-ring (bicyclic) bond motifs is 1. The summed E-state index contributed by atoms with van der Waals surface area (Å²) in [6.45, 7) is 2.21. The van der Waals surface area contributed by atoms with Crippen molar-refractivity contribution in [3.05, 3.63) is 60.3 Å². The number of nitrogens with one attached hydrogen (secondary N) is 1. The SMILES string of the molecule is CCN(c1ccc2[nH]ccc2c1)S(=O)(=O)Cc1cccc(OC)c1. The zero-order valence-corrected chi connectivity index (χ0v) is 14.5. The van der Waals surface area contributed by atoms with Crippen molar-refractivity contribution in [1.29, 1.82) is 0 Å². The molecule has 2 aromatic carbocycles. The van der Waals surface area contributed by atoms with Crippen molar-refractivity contribution in [1.82, 2.24) is 4.98 Å². The molecule has 6 heteroatoms. The van der Waals surface area contributed by atoms with Crippen LogP contribution in [-0.4, -0.2) is 27.1 Å². The number of benzene rings is 2. The van der Waals surface area contributed by atoms with Crippen LogP contribution in [0.15, 0.2) is 54.7 Å². The first kappa shape index (κ1) is 16.4. The Morgan fingerprint density at radius 3 is 2.71 bits per heavy atom. The monoisotopic (exact) mass is 344 g/mol. The highest BCUT2D eigenvalue weighted by Gasteiger charge is 2.22. The van der Waals surface area contributed by atoms with Crippen molar-refractivity contribution >= 4 is 26.6 Å². The maximum absolute atomic E-state index is 12.9. The average molecular weight is 344 g/mol. The summed E-state index contributed by atoms with van der Waals surface area (Å²) >= 11 is 0. The Bertz CT molecular complexity index is 948. The van der Waals surface area contributed by atoms with Gasteiger partial charge in [0.25, 0.3) is 0 Å². The van der Waals surface area contributed by atoms with Gasteiger partial charge in [0.2, 0.25) is 10.0 Å². The molecule has 0 radical (unpaired) electrons. The van der Waals surface area contributed by atoms with Crippen LogP contribution in [0.4, 0.5) is 5.69 Å². The van der Waals surface area contributed by atoms with E-state index in [1.165, 1.54) is 4.31 Å². The number of rotatable bonds is 6. The summed E-state index contributed by atoms with van der Waals surface area (Å²) in [4.78, 5) is 3.11. The van der Waals surface area contributed by atoms with Crippen LogP contribution < -0.4 is 9.04 Å². The standard InChI is InChI=1S/C18H20N2O3S/c1-3-20(16-7-8-18-15(12-16)9-10-19-18)24(21,22)13-14-5-4-6-17(11-14)23-2/h4-12,19H,3,13H2,1-2H3. The minimum atomic E-state index is -3.49.